The smallest absolute Gasteiger partial charge is 0.314 e. The fourth-order valence-electron chi connectivity index (χ4n) is 2.69. The number of para-hydroxylation sites is 1. The lowest BCUT2D eigenvalue weighted by atomic mass is 10.0. The first kappa shape index (κ1) is 23.7. The van der Waals surface area contributed by atoms with Gasteiger partial charge in [0.1, 0.15) is 5.78 Å². The summed E-state index contributed by atoms with van der Waals surface area (Å²) >= 11 is 0. The Hall–Kier alpha value is -2.37. The molecule has 1 rings (SSSR count). The molecule has 0 spiro atoms. The van der Waals surface area contributed by atoms with Crippen molar-refractivity contribution in [3.63, 3.8) is 0 Å². The Morgan fingerprint density at radius 3 is 1.93 bits per heavy atom. The van der Waals surface area contributed by atoms with Gasteiger partial charge in [0.15, 0.2) is 0 Å². The van der Waals surface area contributed by atoms with Crippen LogP contribution >= 0.6 is 0 Å². The number of nitrogens with one attached hydrogen (secondary N) is 3. The van der Waals surface area contributed by atoms with Gasteiger partial charge in [0.25, 0.3) is 0 Å². The summed E-state index contributed by atoms with van der Waals surface area (Å²) in [5, 5.41) is 8.52. The van der Waals surface area contributed by atoms with Crippen LogP contribution in [-0.4, -0.2) is 30.8 Å². The van der Waals surface area contributed by atoms with Gasteiger partial charge in [-0.15, -0.1) is 0 Å². The normalized spacial score (nSPS) is 10.5. The lowest BCUT2D eigenvalue weighted by Gasteiger charge is -2.08. The number of amides is 3. The quantitative estimate of drug-likeness (QED) is 0.415. The third-order valence-electron chi connectivity index (χ3n) is 4.45. The number of urea groups is 1. The molecule has 0 saturated heterocycles. The number of unbranched alkanes of at least 4 members (excludes halogenated alkanes) is 4. The highest BCUT2D eigenvalue weighted by molar-refractivity contribution is 5.90. The molecule has 28 heavy (non-hydrogen) atoms. The van der Waals surface area contributed by atoms with Gasteiger partial charge in [-0.25, -0.2) is 4.79 Å². The number of ketones is 1. The zero-order valence-corrected chi connectivity index (χ0v) is 17.3. The summed E-state index contributed by atoms with van der Waals surface area (Å²) in [7, 11) is 0. The lowest BCUT2D eigenvalue weighted by molar-refractivity contribution is -0.122. The van der Waals surface area contributed by atoms with E-state index in [9.17, 15) is 14.4 Å². The molecule has 0 atom stereocenters. The van der Waals surface area contributed by atoms with Gasteiger partial charge >= 0.3 is 6.03 Å². The van der Waals surface area contributed by atoms with E-state index in [0.29, 0.717) is 31.7 Å². The largest absolute Gasteiger partial charge is 0.338 e. The molecule has 0 radical (unpaired) electrons. The van der Waals surface area contributed by atoms with E-state index < -0.39 is 0 Å². The first-order valence-electron chi connectivity index (χ1n) is 10.4. The molecule has 1 aromatic carbocycles. The fraction of sp³-hybridized carbons (Fsp3) is 0.591. The van der Waals surface area contributed by atoms with Crippen LogP contribution in [-0.2, 0) is 9.59 Å². The van der Waals surface area contributed by atoms with Crippen molar-refractivity contribution in [1.29, 1.82) is 0 Å². The van der Waals surface area contributed by atoms with Crippen molar-refractivity contribution in [2.45, 2.75) is 65.2 Å². The highest BCUT2D eigenvalue weighted by atomic mass is 16.2. The van der Waals surface area contributed by atoms with Crippen LogP contribution in [0.5, 0.6) is 0 Å². The van der Waals surface area contributed by atoms with Crippen LogP contribution in [0.3, 0.4) is 0 Å². The van der Waals surface area contributed by atoms with Crippen molar-refractivity contribution in [1.82, 2.24) is 10.6 Å². The molecule has 0 fully saturated rings. The van der Waals surface area contributed by atoms with Crippen LogP contribution in [0.1, 0.15) is 65.2 Å². The van der Waals surface area contributed by atoms with E-state index in [4.69, 9.17) is 0 Å². The first-order chi connectivity index (χ1) is 13.5. The zero-order valence-electron chi connectivity index (χ0n) is 17.3. The topological polar surface area (TPSA) is 87.3 Å². The minimum atomic E-state index is -0.153. The molecule has 0 aromatic heterocycles. The Morgan fingerprint density at radius 1 is 0.786 bits per heavy atom. The molecule has 0 aliphatic rings. The Balaban J connectivity index is 1.91. The summed E-state index contributed by atoms with van der Waals surface area (Å²) in [6.07, 6.45) is 6.39. The van der Waals surface area contributed by atoms with Gasteiger partial charge in [-0.3, -0.25) is 9.59 Å². The third kappa shape index (κ3) is 12.1. The number of Topliss-reactive ketones (excluding diaryl/α,β-unsaturated/α-hetero) is 1. The summed E-state index contributed by atoms with van der Waals surface area (Å²) in [5.74, 6) is 0.442. The predicted octanol–water partition coefficient (Wildman–Crippen LogP) is 4.27. The van der Waals surface area contributed by atoms with E-state index in [1.54, 1.807) is 0 Å². The maximum atomic E-state index is 11.8. The minimum absolute atomic E-state index is 0.0204. The molecule has 0 aliphatic heterocycles. The molecule has 0 heterocycles. The van der Waals surface area contributed by atoms with E-state index in [1.807, 2.05) is 44.2 Å². The molecule has 0 saturated carbocycles. The second-order valence-electron chi connectivity index (χ2n) is 7.34. The van der Waals surface area contributed by atoms with Crippen molar-refractivity contribution in [3.05, 3.63) is 30.3 Å². The molecule has 0 bridgehead atoms. The van der Waals surface area contributed by atoms with Crippen LogP contribution < -0.4 is 16.0 Å². The second-order valence-corrected chi connectivity index (χ2v) is 7.34. The molecule has 3 amide bonds. The predicted molar refractivity (Wildman–Crippen MR) is 113 cm³/mol. The van der Waals surface area contributed by atoms with E-state index in [2.05, 4.69) is 16.0 Å². The van der Waals surface area contributed by atoms with Crippen LogP contribution in [0.2, 0.25) is 0 Å². The molecule has 6 nitrogen and oxygen atoms in total. The van der Waals surface area contributed by atoms with Gasteiger partial charge in [-0.05, 0) is 37.8 Å². The van der Waals surface area contributed by atoms with E-state index in [-0.39, 0.29) is 17.9 Å². The number of hydrogen-bond acceptors (Lipinski definition) is 3. The Bertz CT molecular complexity index is 588. The maximum absolute atomic E-state index is 11.8. The fourth-order valence-corrected chi connectivity index (χ4v) is 2.69. The van der Waals surface area contributed by atoms with Crippen molar-refractivity contribution >= 4 is 23.4 Å². The van der Waals surface area contributed by atoms with Crippen molar-refractivity contribution in [3.8, 4) is 0 Å². The molecule has 1 aromatic rings. The molecule has 0 aliphatic carbocycles. The molecule has 156 valence electrons. The van der Waals surface area contributed by atoms with Crippen LogP contribution in [0, 0.1) is 5.92 Å². The van der Waals surface area contributed by atoms with Crippen LogP contribution in [0.4, 0.5) is 10.5 Å². The summed E-state index contributed by atoms with van der Waals surface area (Å²) < 4.78 is 0. The van der Waals surface area contributed by atoms with Gasteiger partial charge in [-0.2, -0.15) is 0 Å². The van der Waals surface area contributed by atoms with Crippen LogP contribution in [0.25, 0.3) is 0 Å². The molecular formula is C22H35N3O3. The summed E-state index contributed by atoms with van der Waals surface area (Å²) in [4.78, 5) is 35.0. The van der Waals surface area contributed by atoms with E-state index >= 15 is 0 Å². The number of carbonyl (C=O) groups is 3. The lowest BCUT2D eigenvalue weighted by Crippen LogP contribution is -2.36. The summed E-state index contributed by atoms with van der Waals surface area (Å²) in [5.41, 5.74) is 0.817. The van der Waals surface area contributed by atoms with Gasteiger partial charge < -0.3 is 16.0 Å². The number of benzene rings is 1. The highest BCUT2D eigenvalue weighted by Crippen LogP contribution is 2.07. The van der Waals surface area contributed by atoms with Gasteiger partial charge in [-0.1, -0.05) is 44.9 Å². The van der Waals surface area contributed by atoms with Gasteiger partial charge in [0, 0.05) is 37.5 Å². The average molecular weight is 390 g/mol. The monoisotopic (exact) mass is 389 g/mol. The average Bonchev–Trinajstić information content (AvgIpc) is 2.67. The number of hydrogen-bond donors (Lipinski definition) is 3. The van der Waals surface area contributed by atoms with Gasteiger partial charge in [0.05, 0.1) is 0 Å². The van der Waals surface area contributed by atoms with Gasteiger partial charge in [0.2, 0.25) is 5.91 Å². The maximum Gasteiger partial charge on any atom is 0.314 e. The Morgan fingerprint density at radius 2 is 1.36 bits per heavy atom. The SMILES string of the molecule is CC(C)C(=O)CCCCCNC(=O)NCCCCCC(=O)Nc1ccccc1. The molecule has 0 unspecified atom stereocenters. The van der Waals surface area contributed by atoms with E-state index in [0.717, 1.165) is 44.2 Å². The molecule has 3 N–H and O–H groups in total. The molecule has 6 heteroatoms. The van der Waals surface area contributed by atoms with Crippen LogP contribution in [0.15, 0.2) is 30.3 Å². The van der Waals surface area contributed by atoms with Crippen molar-refractivity contribution in [2.24, 2.45) is 5.92 Å². The highest BCUT2D eigenvalue weighted by Gasteiger charge is 2.06. The Kier molecular flexibility index (Phi) is 12.4. The summed E-state index contributed by atoms with van der Waals surface area (Å²) in [6, 6.07) is 9.27. The second kappa shape index (κ2) is 14.7. The minimum Gasteiger partial charge on any atom is -0.338 e. The van der Waals surface area contributed by atoms with Crippen molar-refractivity contribution < 1.29 is 14.4 Å². The zero-order chi connectivity index (χ0) is 20.6. The number of anilines is 1. The summed E-state index contributed by atoms with van der Waals surface area (Å²) in [6.45, 7) is 5.08. The third-order valence-corrected chi connectivity index (χ3v) is 4.45. The number of carbonyl (C=O) groups excluding carboxylic acids is 3. The standard InChI is InChI=1S/C22H35N3O3/c1-18(2)20(26)14-8-4-10-16-23-22(28)24-17-11-5-9-15-21(27)25-19-12-6-3-7-13-19/h3,6-7,12-13,18H,4-5,8-11,14-17H2,1-2H3,(H,25,27)(H2,23,24,28). The van der Waals surface area contributed by atoms with E-state index in [1.165, 1.54) is 0 Å². The number of rotatable bonds is 14. The molecular weight excluding hydrogens is 354 g/mol. The Labute approximate surface area is 168 Å². The van der Waals surface area contributed by atoms with Crippen molar-refractivity contribution in [2.75, 3.05) is 18.4 Å². The first-order valence-corrected chi connectivity index (χ1v) is 10.4.